The Morgan fingerprint density at radius 1 is 0.841 bits per heavy atom. The molecule has 44 heavy (non-hydrogen) atoms. The largest absolute Gasteiger partial charge is 0.510 e. The van der Waals surface area contributed by atoms with Crippen molar-refractivity contribution < 1.29 is 38.1 Å². The summed E-state index contributed by atoms with van der Waals surface area (Å²) < 4.78 is 22.0. The number of carbonyl (C=O) groups is 4. The molecule has 2 fully saturated rings. The molecule has 2 atom stereocenters. The fraction of sp³-hybridized carbons (Fsp3) is 0.235. The molecule has 10 heteroatoms. The first kappa shape index (κ1) is 30.1. The molecule has 2 aliphatic rings. The average Bonchev–Trinajstić information content (AvgIpc) is 3.34. The lowest BCUT2D eigenvalue weighted by molar-refractivity contribution is -0.165. The standard InChI is InChI=1S/C34H32N2O8/c37-22-28(31-32(36-29(38)20-30(36)43-31)44-34(40)42-24-27-16-8-3-9-17-27)18-10-11-19-35(21-25-12-4-1-5-13-25)33(39)41-23-26-14-6-2-7-15-26/h1-17,22,30,32H,18-21,23-24H2/t30-,32?/m1/s1. The Balaban J connectivity index is 1.23. The van der Waals surface area contributed by atoms with Crippen LogP contribution in [0.3, 0.4) is 0 Å². The fourth-order valence-electron chi connectivity index (χ4n) is 4.74. The van der Waals surface area contributed by atoms with E-state index < -0.39 is 24.7 Å². The zero-order valence-corrected chi connectivity index (χ0v) is 24.0. The zero-order valence-electron chi connectivity index (χ0n) is 24.0. The van der Waals surface area contributed by atoms with Crippen molar-refractivity contribution in [2.75, 3.05) is 6.54 Å². The number of fused-ring (bicyclic) bond motifs is 1. The van der Waals surface area contributed by atoms with Gasteiger partial charge in [0, 0.05) is 18.7 Å². The monoisotopic (exact) mass is 596 g/mol. The summed E-state index contributed by atoms with van der Waals surface area (Å²) in [6.07, 6.45) is 0.990. The van der Waals surface area contributed by atoms with Gasteiger partial charge in [-0.3, -0.25) is 14.5 Å². The van der Waals surface area contributed by atoms with Gasteiger partial charge >= 0.3 is 12.2 Å². The predicted octanol–water partition coefficient (Wildman–Crippen LogP) is 5.49. The SMILES string of the molecule is O=CC(CC=CCN(Cc1ccccc1)C(=O)OCc1ccccc1)=C1O[C@@H]2CC(=O)N2C1OC(=O)OCc1ccccc1. The van der Waals surface area contributed by atoms with Gasteiger partial charge in [-0.1, -0.05) is 103 Å². The number of hydrogen-bond donors (Lipinski definition) is 0. The molecule has 0 aliphatic carbocycles. The second-order valence-electron chi connectivity index (χ2n) is 10.2. The topological polar surface area (TPSA) is 112 Å². The Hall–Kier alpha value is -5.38. The van der Waals surface area contributed by atoms with E-state index in [0.717, 1.165) is 16.7 Å². The molecule has 3 aromatic carbocycles. The van der Waals surface area contributed by atoms with Crippen molar-refractivity contribution in [3.05, 3.63) is 131 Å². The number of rotatable bonds is 12. The first-order valence-electron chi connectivity index (χ1n) is 14.2. The predicted molar refractivity (Wildman–Crippen MR) is 158 cm³/mol. The normalized spacial score (nSPS) is 18.1. The highest BCUT2D eigenvalue weighted by Crippen LogP contribution is 2.38. The van der Waals surface area contributed by atoms with Gasteiger partial charge in [0.05, 0.1) is 6.42 Å². The molecule has 226 valence electrons. The van der Waals surface area contributed by atoms with Crippen LogP contribution in [0, 0.1) is 0 Å². The number of aldehydes is 1. The molecule has 5 rings (SSSR count). The van der Waals surface area contributed by atoms with Gasteiger partial charge in [0.2, 0.25) is 12.1 Å². The Morgan fingerprint density at radius 2 is 1.43 bits per heavy atom. The molecular formula is C34H32N2O8. The van der Waals surface area contributed by atoms with Gasteiger partial charge in [-0.05, 0) is 23.1 Å². The molecular weight excluding hydrogens is 564 g/mol. The van der Waals surface area contributed by atoms with Crippen LogP contribution in [0.5, 0.6) is 0 Å². The maximum atomic E-state index is 13.0. The summed E-state index contributed by atoms with van der Waals surface area (Å²) in [5, 5.41) is 0. The number of allylic oxidation sites excluding steroid dienone is 2. The van der Waals surface area contributed by atoms with E-state index in [0.29, 0.717) is 12.8 Å². The second kappa shape index (κ2) is 14.7. The van der Waals surface area contributed by atoms with E-state index in [1.165, 1.54) is 4.90 Å². The first-order chi connectivity index (χ1) is 21.5. The third kappa shape index (κ3) is 7.71. The van der Waals surface area contributed by atoms with Gasteiger partial charge in [-0.25, -0.2) is 9.59 Å². The molecule has 2 amide bonds. The Bertz CT molecular complexity index is 1510. The maximum absolute atomic E-state index is 13.0. The highest BCUT2D eigenvalue weighted by molar-refractivity contribution is 5.85. The van der Waals surface area contributed by atoms with Gasteiger partial charge in [0.1, 0.15) is 19.5 Å². The molecule has 3 aromatic rings. The van der Waals surface area contributed by atoms with Gasteiger partial charge in [-0.2, -0.15) is 0 Å². The summed E-state index contributed by atoms with van der Waals surface area (Å²) in [7, 11) is 0. The lowest BCUT2D eigenvalue weighted by atomic mass is 10.1. The molecule has 0 saturated carbocycles. The minimum absolute atomic E-state index is 0.0137. The molecule has 2 heterocycles. The molecule has 0 N–H and O–H groups in total. The third-order valence-corrected chi connectivity index (χ3v) is 7.06. The lowest BCUT2D eigenvalue weighted by Gasteiger charge is -2.33. The van der Waals surface area contributed by atoms with E-state index in [2.05, 4.69) is 0 Å². The molecule has 2 aliphatic heterocycles. The number of ether oxygens (including phenoxy) is 4. The van der Waals surface area contributed by atoms with Crippen LogP contribution in [0.1, 0.15) is 29.5 Å². The Labute approximate surface area is 255 Å². The van der Waals surface area contributed by atoms with Crippen LogP contribution in [0.25, 0.3) is 0 Å². The summed E-state index contributed by atoms with van der Waals surface area (Å²) >= 11 is 0. The fourth-order valence-corrected chi connectivity index (χ4v) is 4.74. The third-order valence-electron chi connectivity index (χ3n) is 7.06. The molecule has 10 nitrogen and oxygen atoms in total. The summed E-state index contributed by atoms with van der Waals surface area (Å²) in [5.74, 6) is -0.183. The molecule has 0 bridgehead atoms. The van der Waals surface area contributed by atoms with Crippen LogP contribution in [0.15, 0.2) is 114 Å². The Morgan fingerprint density at radius 3 is 2.02 bits per heavy atom. The lowest BCUT2D eigenvalue weighted by Crippen LogP contribution is -2.53. The number of carbonyl (C=O) groups excluding carboxylic acids is 4. The number of hydrogen-bond acceptors (Lipinski definition) is 8. The highest BCUT2D eigenvalue weighted by atomic mass is 16.7. The van der Waals surface area contributed by atoms with E-state index in [4.69, 9.17) is 18.9 Å². The van der Waals surface area contributed by atoms with Crippen LogP contribution in [0.2, 0.25) is 0 Å². The summed E-state index contributed by atoms with van der Waals surface area (Å²) in [6.45, 7) is 0.659. The minimum atomic E-state index is -1.21. The van der Waals surface area contributed by atoms with Crippen molar-refractivity contribution in [2.45, 2.75) is 45.1 Å². The summed E-state index contributed by atoms with van der Waals surface area (Å²) in [6, 6.07) is 28.0. The van der Waals surface area contributed by atoms with Gasteiger partial charge in [0.25, 0.3) is 0 Å². The Kier molecular flexibility index (Phi) is 10.0. The highest BCUT2D eigenvalue weighted by Gasteiger charge is 2.53. The van der Waals surface area contributed by atoms with E-state index in [1.54, 1.807) is 29.2 Å². The molecule has 0 spiro atoms. The van der Waals surface area contributed by atoms with Gasteiger partial charge in [0.15, 0.2) is 12.0 Å². The first-order valence-corrected chi connectivity index (χ1v) is 14.2. The van der Waals surface area contributed by atoms with Crippen molar-refractivity contribution in [1.82, 2.24) is 9.80 Å². The maximum Gasteiger partial charge on any atom is 0.510 e. The van der Waals surface area contributed by atoms with E-state index in [1.807, 2.05) is 78.9 Å². The van der Waals surface area contributed by atoms with Crippen molar-refractivity contribution in [2.24, 2.45) is 0 Å². The zero-order chi connectivity index (χ0) is 30.7. The molecule has 2 saturated heterocycles. The van der Waals surface area contributed by atoms with Crippen molar-refractivity contribution in [3.8, 4) is 0 Å². The van der Waals surface area contributed by atoms with Crippen LogP contribution in [0.4, 0.5) is 9.59 Å². The van der Waals surface area contributed by atoms with Crippen molar-refractivity contribution >= 4 is 24.4 Å². The number of amides is 2. The average molecular weight is 597 g/mol. The van der Waals surface area contributed by atoms with Crippen molar-refractivity contribution in [1.29, 1.82) is 0 Å². The number of nitrogens with zero attached hydrogens (tertiary/aromatic N) is 2. The van der Waals surface area contributed by atoms with Crippen LogP contribution >= 0.6 is 0 Å². The van der Waals surface area contributed by atoms with E-state index in [-0.39, 0.29) is 49.8 Å². The number of β-lactam (4-membered cyclic amide) rings is 1. The van der Waals surface area contributed by atoms with Gasteiger partial charge in [-0.15, -0.1) is 0 Å². The quantitative estimate of drug-likeness (QED) is 0.0887. The van der Waals surface area contributed by atoms with Crippen LogP contribution in [-0.2, 0) is 48.3 Å². The summed E-state index contributed by atoms with van der Waals surface area (Å²) in [5.41, 5.74) is 2.77. The van der Waals surface area contributed by atoms with E-state index >= 15 is 0 Å². The molecule has 0 radical (unpaired) electrons. The molecule has 0 aromatic heterocycles. The summed E-state index contributed by atoms with van der Waals surface area (Å²) in [4.78, 5) is 52.7. The molecule has 1 unspecified atom stereocenters. The van der Waals surface area contributed by atoms with Gasteiger partial charge < -0.3 is 23.8 Å². The van der Waals surface area contributed by atoms with E-state index in [9.17, 15) is 19.2 Å². The second-order valence-corrected chi connectivity index (χ2v) is 10.2. The number of benzene rings is 3. The van der Waals surface area contributed by atoms with Crippen LogP contribution in [-0.4, -0.2) is 53.2 Å². The minimum Gasteiger partial charge on any atom is -0.468 e. The van der Waals surface area contributed by atoms with Crippen LogP contribution < -0.4 is 0 Å². The van der Waals surface area contributed by atoms with Crippen molar-refractivity contribution in [3.63, 3.8) is 0 Å². The smallest absolute Gasteiger partial charge is 0.468 e.